The molecule has 2 N–H and O–H groups in total. The van der Waals surface area contributed by atoms with E-state index in [-0.39, 0.29) is 6.54 Å². The largest absolute Gasteiger partial charge is 0.312 e. The standard InChI is InChI=1S/C14H18N4O2S/c1-18-8-6-12(17-18)10-16-21(19,20)14-4-2-3-11-9-15-7-5-13(11)14/h2-4,6,8,15-16H,5,7,9-10H2,1H3. The molecule has 2 heterocycles. The Balaban J connectivity index is 1.85. The molecule has 0 amide bonds. The third kappa shape index (κ3) is 2.99. The van der Waals surface area contributed by atoms with Crippen molar-refractivity contribution in [3.8, 4) is 0 Å². The van der Waals surface area contributed by atoms with Crippen molar-refractivity contribution < 1.29 is 8.42 Å². The lowest BCUT2D eigenvalue weighted by atomic mass is 10.0. The number of sulfonamides is 1. The number of fused-ring (bicyclic) bond motifs is 1. The highest BCUT2D eigenvalue weighted by Gasteiger charge is 2.22. The lowest BCUT2D eigenvalue weighted by Gasteiger charge is -2.20. The van der Waals surface area contributed by atoms with E-state index in [2.05, 4.69) is 15.1 Å². The van der Waals surface area contributed by atoms with Crippen molar-refractivity contribution in [2.75, 3.05) is 6.54 Å². The first kappa shape index (κ1) is 14.2. The van der Waals surface area contributed by atoms with Gasteiger partial charge in [0.15, 0.2) is 0 Å². The monoisotopic (exact) mass is 306 g/mol. The molecule has 0 aliphatic carbocycles. The van der Waals surface area contributed by atoms with Crippen molar-refractivity contribution in [1.82, 2.24) is 19.8 Å². The molecule has 0 bridgehead atoms. The molecule has 7 heteroatoms. The van der Waals surface area contributed by atoms with Crippen molar-refractivity contribution in [1.29, 1.82) is 0 Å². The average molecular weight is 306 g/mol. The van der Waals surface area contributed by atoms with Crippen molar-refractivity contribution in [3.63, 3.8) is 0 Å². The smallest absolute Gasteiger partial charge is 0.241 e. The third-order valence-corrected chi connectivity index (χ3v) is 5.08. The summed E-state index contributed by atoms with van der Waals surface area (Å²) in [5, 5.41) is 7.43. The second-order valence-corrected chi connectivity index (χ2v) is 6.86. The minimum atomic E-state index is -3.52. The molecule has 21 heavy (non-hydrogen) atoms. The second-order valence-electron chi connectivity index (χ2n) is 5.13. The third-order valence-electron chi connectivity index (χ3n) is 3.60. The SMILES string of the molecule is Cn1ccc(CNS(=O)(=O)c2cccc3c2CCNC3)n1. The van der Waals surface area contributed by atoms with Crippen molar-refractivity contribution in [3.05, 3.63) is 47.3 Å². The molecule has 0 fully saturated rings. The molecule has 0 saturated carbocycles. The van der Waals surface area contributed by atoms with E-state index in [1.165, 1.54) is 0 Å². The maximum Gasteiger partial charge on any atom is 0.241 e. The van der Waals surface area contributed by atoms with Crippen molar-refractivity contribution in [2.45, 2.75) is 24.4 Å². The quantitative estimate of drug-likeness (QED) is 0.865. The Bertz CT molecular complexity index is 752. The summed E-state index contributed by atoms with van der Waals surface area (Å²) < 4.78 is 29.3. The summed E-state index contributed by atoms with van der Waals surface area (Å²) in [5.41, 5.74) is 2.68. The molecular weight excluding hydrogens is 288 g/mol. The van der Waals surface area contributed by atoms with E-state index in [4.69, 9.17) is 0 Å². The van der Waals surface area contributed by atoms with Gasteiger partial charge in [0.1, 0.15) is 0 Å². The van der Waals surface area contributed by atoms with Crippen LogP contribution in [-0.2, 0) is 36.6 Å². The Morgan fingerprint density at radius 3 is 3.00 bits per heavy atom. The number of aryl methyl sites for hydroxylation is 1. The van der Waals surface area contributed by atoms with E-state index in [1.54, 1.807) is 36.1 Å². The predicted octanol–water partition coefficient (Wildman–Crippen LogP) is 0.544. The number of nitrogens with zero attached hydrogens (tertiary/aromatic N) is 2. The van der Waals surface area contributed by atoms with Gasteiger partial charge in [0.05, 0.1) is 17.1 Å². The van der Waals surface area contributed by atoms with E-state index >= 15 is 0 Å². The van der Waals surface area contributed by atoms with Crippen LogP contribution in [0, 0.1) is 0 Å². The van der Waals surface area contributed by atoms with E-state index in [1.807, 2.05) is 6.07 Å². The molecule has 1 aliphatic heterocycles. The molecule has 1 aliphatic rings. The zero-order chi connectivity index (χ0) is 14.9. The van der Waals surface area contributed by atoms with Gasteiger partial charge in [0, 0.05) is 19.8 Å². The normalized spacial score (nSPS) is 14.9. The first-order valence-electron chi connectivity index (χ1n) is 6.86. The van der Waals surface area contributed by atoms with Crippen LogP contribution < -0.4 is 10.0 Å². The number of hydrogen-bond donors (Lipinski definition) is 2. The van der Waals surface area contributed by atoms with E-state index in [0.29, 0.717) is 10.6 Å². The molecular formula is C14H18N4O2S. The first-order chi connectivity index (χ1) is 10.1. The Kier molecular flexibility index (Phi) is 3.79. The zero-order valence-electron chi connectivity index (χ0n) is 11.8. The van der Waals surface area contributed by atoms with Crippen LogP contribution in [0.15, 0.2) is 35.4 Å². The molecule has 0 atom stereocenters. The Hall–Kier alpha value is -1.70. The number of rotatable bonds is 4. The summed E-state index contributed by atoms with van der Waals surface area (Å²) in [6, 6.07) is 7.23. The molecule has 0 saturated heterocycles. The number of hydrogen-bond acceptors (Lipinski definition) is 4. The summed E-state index contributed by atoms with van der Waals surface area (Å²) in [6.07, 6.45) is 2.52. The maximum atomic E-state index is 12.5. The molecule has 0 radical (unpaired) electrons. The number of benzene rings is 1. The molecule has 2 aromatic rings. The lowest BCUT2D eigenvalue weighted by Crippen LogP contribution is -2.29. The van der Waals surface area contributed by atoms with Crippen LogP contribution in [0.25, 0.3) is 0 Å². The van der Waals surface area contributed by atoms with Gasteiger partial charge < -0.3 is 5.32 Å². The van der Waals surface area contributed by atoms with Gasteiger partial charge >= 0.3 is 0 Å². The fourth-order valence-corrected chi connectivity index (χ4v) is 3.86. The van der Waals surface area contributed by atoms with Gasteiger partial charge in [-0.1, -0.05) is 12.1 Å². The Morgan fingerprint density at radius 2 is 2.24 bits per heavy atom. The highest BCUT2D eigenvalue weighted by Crippen LogP contribution is 2.22. The zero-order valence-corrected chi connectivity index (χ0v) is 12.7. The van der Waals surface area contributed by atoms with Gasteiger partial charge in [-0.25, -0.2) is 13.1 Å². The highest BCUT2D eigenvalue weighted by atomic mass is 32.2. The van der Waals surface area contributed by atoms with Gasteiger partial charge in [-0.2, -0.15) is 5.10 Å². The maximum absolute atomic E-state index is 12.5. The minimum Gasteiger partial charge on any atom is -0.312 e. The van der Waals surface area contributed by atoms with E-state index in [9.17, 15) is 8.42 Å². The number of nitrogens with one attached hydrogen (secondary N) is 2. The van der Waals surface area contributed by atoms with Gasteiger partial charge in [-0.3, -0.25) is 4.68 Å². The topological polar surface area (TPSA) is 76.0 Å². The van der Waals surface area contributed by atoms with Crippen LogP contribution in [0.1, 0.15) is 16.8 Å². The fraction of sp³-hybridized carbons (Fsp3) is 0.357. The summed E-state index contributed by atoms with van der Waals surface area (Å²) in [6.45, 7) is 1.73. The minimum absolute atomic E-state index is 0.199. The van der Waals surface area contributed by atoms with Crippen LogP contribution in [0.5, 0.6) is 0 Å². The van der Waals surface area contributed by atoms with Crippen LogP contribution in [-0.4, -0.2) is 24.7 Å². The predicted molar refractivity (Wildman–Crippen MR) is 79.1 cm³/mol. The summed E-state index contributed by atoms with van der Waals surface area (Å²) in [7, 11) is -1.71. The highest BCUT2D eigenvalue weighted by molar-refractivity contribution is 7.89. The van der Waals surface area contributed by atoms with Crippen LogP contribution in [0.3, 0.4) is 0 Å². The van der Waals surface area contributed by atoms with Gasteiger partial charge in [0.2, 0.25) is 10.0 Å². The fourth-order valence-electron chi connectivity index (χ4n) is 2.55. The number of aromatic nitrogens is 2. The summed E-state index contributed by atoms with van der Waals surface area (Å²) >= 11 is 0. The summed E-state index contributed by atoms with van der Waals surface area (Å²) in [5.74, 6) is 0. The molecule has 1 aromatic carbocycles. The molecule has 0 unspecified atom stereocenters. The molecule has 0 spiro atoms. The lowest BCUT2D eigenvalue weighted by molar-refractivity contribution is 0.574. The first-order valence-corrected chi connectivity index (χ1v) is 8.34. The Morgan fingerprint density at radius 1 is 1.38 bits per heavy atom. The van der Waals surface area contributed by atoms with Crippen molar-refractivity contribution >= 4 is 10.0 Å². The van der Waals surface area contributed by atoms with E-state index < -0.39 is 10.0 Å². The molecule has 112 valence electrons. The van der Waals surface area contributed by atoms with E-state index in [0.717, 1.165) is 30.6 Å². The van der Waals surface area contributed by atoms with Crippen LogP contribution in [0.2, 0.25) is 0 Å². The molecule has 6 nitrogen and oxygen atoms in total. The summed E-state index contributed by atoms with van der Waals surface area (Å²) in [4.78, 5) is 0.387. The average Bonchev–Trinajstić information content (AvgIpc) is 2.90. The van der Waals surface area contributed by atoms with Crippen molar-refractivity contribution in [2.24, 2.45) is 7.05 Å². The van der Waals surface area contributed by atoms with Gasteiger partial charge in [-0.15, -0.1) is 0 Å². The van der Waals surface area contributed by atoms with Gasteiger partial charge in [-0.05, 0) is 36.2 Å². The van der Waals surface area contributed by atoms with Gasteiger partial charge in [0.25, 0.3) is 0 Å². The van der Waals surface area contributed by atoms with Crippen LogP contribution >= 0.6 is 0 Å². The second kappa shape index (κ2) is 5.59. The van der Waals surface area contributed by atoms with Crippen LogP contribution in [0.4, 0.5) is 0 Å². The molecule has 3 rings (SSSR count). The Labute approximate surface area is 124 Å². The molecule has 1 aromatic heterocycles.